The van der Waals surface area contributed by atoms with E-state index in [1.807, 2.05) is 60.7 Å². The van der Waals surface area contributed by atoms with Crippen LogP contribution in [0.25, 0.3) is 0 Å². The molecule has 28 heavy (non-hydrogen) atoms. The molecule has 2 aromatic carbocycles. The molecule has 0 amide bonds. The Morgan fingerprint density at radius 3 is 2.46 bits per heavy atom. The Morgan fingerprint density at radius 1 is 0.964 bits per heavy atom. The maximum Gasteiger partial charge on any atom is 0.126 e. The summed E-state index contributed by atoms with van der Waals surface area (Å²) >= 11 is 0. The number of hydrogen-bond donors (Lipinski definition) is 2. The van der Waals surface area contributed by atoms with Crippen molar-refractivity contribution in [3.63, 3.8) is 0 Å². The Bertz CT molecular complexity index is 943. The predicted octanol–water partition coefficient (Wildman–Crippen LogP) is 4.48. The van der Waals surface area contributed by atoms with E-state index in [1.54, 1.807) is 0 Å². The fraction of sp³-hybridized carbons (Fsp3) is 0.217. The second-order valence-corrected chi connectivity index (χ2v) is 6.84. The van der Waals surface area contributed by atoms with Gasteiger partial charge in [-0.1, -0.05) is 53.7 Å². The quantitative estimate of drug-likeness (QED) is 0.380. The summed E-state index contributed by atoms with van der Waals surface area (Å²) in [6, 6.07) is 24.0. The molecule has 0 saturated carbocycles. The predicted molar refractivity (Wildman–Crippen MR) is 110 cm³/mol. The van der Waals surface area contributed by atoms with E-state index in [2.05, 4.69) is 22.6 Å². The van der Waals surface area contributed by atoms with Gasteiger partial charge in [0, 0.05) is 12.0 Å². The highest BCUT2D eigenvalue weighted by atomic mass is 16.5. The van der Waals surface area contributed by atoms with Gasteiger partial charge in [-0.05, 0) is 42.2 Å². The normalized spacial score (nSPS) is 17.1. The first kappa shape index (κ1) is 18.0. The van der Waals surface area contributed by atoms with Crippen LogP contribution in [0.1, 0.15) is 29.2 Å². The summed E-state index contributed by atoms with van der Waals surface area (Å²) in [5.74, 6) is 1.93. The number of nitrogens with one attached hydrogen (secondary N) is 1. The zero-order valence-electron chi connectivity index (χ0n) is 15.6. The number of anilines is 1. The van der Waals surface area contributed by atoms with Gasteiger partial charge >= 0.3 is 0 Å². The third-order valence-electron chi connectivity index (χ3n) is 4.98. The van der Waals surface area contributed by atoms with Gasteiger partial charge in [-0.3, -0.25) is 0 Å². The summed E-state index contributed by atoms with van der Waals surface area (Å²) in [5, 5.41) is 16.3. The van der Waals surface area contributed by atoms with Gasteiger partial charge in [-0.25, -0.2) is 4.98 Å². The van der Waals surface area contributed by atoms with Gasteiger partial charge in [-0.2, -0.15) is 0 Å². The van der Waals surface area contributed by atoms with Crippen LogP contribution in [0.15, 0.2) is 78.0 Å². The minimum absolute atomic E-state index is 0.267. The summed E-state index contributed by atoms with van der Waals surface area (Å²) in [5.41, 5.74) is 3.83. The number of rotatable bonds is 6. The second-order valence-electron chi connectivity index (χ2n) is 6.84. The molecule has 1 aromatic heterocycles. The Hall–Kier alpha value is -3.34. The van der Waals surface area contributed by atoms with Crippen molar-refractivity contribution >= 4 is 11.5 Å². The highest BCUT2D eigenvalue weighted by Crippen LogP contribution is 2.32. The van der Waals surface area contributed by atoms with Gasteiger partial charge in [0.1, 0.15) is 18.2 Å². The minimum Gasteiger partial charge on any atom is -0.492 e. The number of aromatic nitrogens is 1. The molecular formula is C23H23N3O2. The Morgan fingerprint density at radius 2 is 1.71 bits per heavy atom. The largest absolute Gasteiger partial charge is 0.492 e. The lowest BCUT2D eigenvalue weighted by Gasteiger charge is -2.25. The Labute approximate surface area is 164 Å². The first-order valence-corrected chi connectivity index (χ1v) is 9.51. The molecule has 142 valence electrons. The topological polar surface area (TPSA) is 66.7 Å². The van der Waals surface area contributed by atoms with Crippen LogP contribution >= 0.6 is 0 Å². The monoisotopic (exact) mass is 373 g/mol. The molecule has 1 aliphatic rings. The number of fused-ring (bicyclic) bond motifs is 1. The van der Waals surface area contributed by atoms with Gasteiger partial charge in [-0.15, -0.1) is 0 Å². The van der Waals surface area contributed by atoms with Gasteiger partial charge in [0.15, 0.2) is 0 Å². The minimum atomic E-state index is 0.267. The lowest BCUT2D eigenvalue weighted by molar-refractivity contribution is 0.317. The number of ether oxygens (including phenoxy) is 1. The van der Waals surface area contributed by atoms with Gasteiger partial charge in [0.05, 0.1) is 18.0 Å². The van der Waals surface area contributed by atoms with E-state index < -0.39 is 0 Å². The third kappa shape index (κ3) is 4.14. The molecule has 0 bridgehead atoms. The lowest BCUT2D eigenvalue weighted by Crippen LogP contribution is -2.22. The van der Waals surface area contributed by atoms with Crippen LogP contribution in [0.5, 0.6) is 5.75 Å². The molecule has 1 aliphatic carbocycles. The average molecular weight is 373 g/mol. The zero-order chi connectivity index (χ0) is 19.2. The van der Waals surface area contributed by atoms with Gasteiger partial charge in [0.2, 0.25) is 0 Å². The summed E-state index contributed by atoms with van der Waals surface area (Å²) < 4.78 is 5.71. The summed E-state index contributed by atoms with van der Waals surface area (Å²) in [6.45, 7) is 1.21. The summed E-state index contributed by atoms with van der Waals surface area (Å²) in [4.78, 5) is 4.77. The van der Waals surface area contributed by atoms with E-state index in [1.165, 1.54) is 5.56 Å². The highest BCUT2D eigenvalue weighted by molar-refractivity contribution is 6.02. The van der Waals surface area contributed by atoms with Crippen LogP contribution in [0.3, 0.4) is 0 Å². The smallest absolute Gasteiger partial charge is 0.126 e. The fourth-order valence-corrected chi connectivity index (χ4v) is 3.59. The van der Waals surface area contributed by atoms with E-state index in [0.717, 1.165) is 29.2 Å². The first-order chi connectivity index (χ1) is 13.8. The van der Waals surface area contributed by atoms with E-state index >= 15 is 0 Å². The van der Waals surface area contributed by atoms with Crippen LogP contribution in [-0.2, 0) is 6.42 Å². The molecule has 2 N–H and O–H groups in total. The molecule has 1 unspecified atom stereocenters. The molecule has 4 rings (SSSR count). The third-order valence-corrected chi connectivity index (χ3v) is 4.98. The number of oxime groups is 1. The fourth-order valence-electron chi connectivity index (χ4n) is 3.59. The first-order valence-electron chi connectivity index (χ1n) is 9.51. The molecule has 1 atom stereocenters. The van der Waals surface area contributed by atoms with Crippen LogP contribution in [0.4, 0.5) is 5.82 Å². The van der Waals surface area contributed by atoms with Crippen molar-refractivity contribution in [2.24, 2.45) is 5.16 Å². The standard InChI is InChI=1S/C23H23N3O2/c27-26-22-16-18(17-7-3-1-4-8-17)15-21-20(22)11-12-23(25-21)24-13-14-28-19-9-5-2-6-10-19/h1-12,18,27H,13-16H2,(H,24,25)/b26-22+. The molecule has 5 nitrogen and oxygen atoms in total. The molecule has 5 heteroatoms. The molecule has 0 fully saturated rings. The van der Waals surface area contributed by atoms with E-state index in [9.17, 15) is 5.21 Å². The van der Waals surface area contributed by atoms with Crippen molar-refractivity contribution in [1.29, 1.82) is 0 Å². The SMILES string of the molecule is O/N=C1\CC(c2ccccc2)Cc2nc(NCCOc3ccccc3)ccc21. The highest BCUT2D eigenvalue weighted by Gasteiger charge is 2.26. The van der Waals surface area contributed by atoms with Crippen molar-refractivity contribution in [3.05, 3.63) is 89.6 Å². The molecule has 0 radical (unpaired) electrons. The second kappa shape index (κ2) is 8.57. The Balaban J connectivity index is 1.43. The average Bonchev–Trinajstić information content (AvgIpc) is 2.77. The number of para-hydroxylation sites is 1. The molecule has 3 aromatic rings. The van der Waals surface area contributed by atoms with Crippen molar-refractivity contribution in [1.82, 2.24) is 4.98 Å². The van der Waals surface area contributed by atoms with Crippen LogP contribution in [0, 0.1) is 0 Å². The van der Waals surface area contributed by atoms with Crippen molar-refractivity contribution in [3.8, 4) is 5.75 Å². The zero-order valence-corrected chi connectivity index (χ0v) is 15.6. The molecule has 1 heterocycles. The summed E-state index contributed by atoms with van der Waals surface area (Å²) in [6.07, 6.45) is 1.54. The molecule has 0 aliphatic heterocycles. The van der Waals surface area contributed by atoms with Crippen LogP contribution < -0.4 is 10.1 Å². The summed E-state index contributed by atoms with van der Waals surface area (Å²) in [7, 11) is 0. The van der Waals surface area contributed by atoms with Crippen molar-refractivity contribution in [2.45, 2.75) is 18.8 Å². The Kier molecular flexibility index (Phi) is 5.52. The number of pyridine rings is 1. The van der Waals surface area contributed by atoms with Crippen LogP contribution in [0.2, 0.25) is 0 Å². The maximum absolute atomic E-state index is 9.48. The molecule has 0 spiro atoms. The van der Waals surface area contributed by atoms with Crippen molar-refractivity contribution in [2.75, 3.05) is 18.5 Å². The van der Waals surface area contributed by atoms with Gasteiger partial charge in [0.25, 0.3) is 0 Å². The number of hydrogen-bond acceptors (Lipinski definition) is 5. The molecular weight excluding hydrogens is 350 g/mol. The molecule has 0 saturated heterocycles. The number of benzene rings is 2. The van der Waals surface area contributed by atoms with E-state index in [0.29, 0.717) is 25.3 Å². The maximum atomic E-state index is 9.48. The van der Waals surface area contributed by atoms with Crippen molar-refractivity contribution < 1.29 is 9.94 Å². The van der Waals surface area contributed by atoms with Gasteiger partial charge < -0.3 is 15.3 Å². The van der Waals surface area contributed by atoms with E-state index in [-0.39, 0.29) is 5.92 Å². The van der Waals surface area contributed by atoms with E-state index in [4.69, 9.17) is 9.72 Å². The lowest BCUT2D eigenvalue weighted by atomic mass is 9.81. The number of nitrogens with zero attached hydrogens (tertiary/aromatic N) is 2. The van der Waals surface area contributed by atoms with Crippen LogP contribution in [-0.4, -0.2) is 29.1 Å².